The Hall–Kier alpha value is -2.61. The number of carbonyl (C=O) groups is 2. The number of fused-ring (bicyclic) bond motifs is 1. The molecule has 8 heteroatoms. The summed E-state index contributed by atoms with van der Waals surface area (Å²) < 4.78 is 5.51. The van der Waals surface area contributed by atoms with Crippen molar-refractivity contribution >= 4 is 34.9 Å². The fourth-order valence-corrected chi connectivity index (χ4v) is 4.59. The average molecular weight is 457 g/mol. The number of hydrogen-bond donors (Lipinski definition) is 2. The summed E-state index contributed by atoms with van der Waals surface area (Å²) in [6.45, 7) is 4.03. The Morgan fingerprint density at radius 2 is 1.81 bits per heavy atom. The van der Waals surface area contributed by atoms with Crippen LogP contribution in [-0.4, -0.2) is 60.6 Å². The quantitative estimate of drug-likeness (QED) is 0.729. The molecule has 7 nitrogen and oxygen atoms in total. The molecule has 2 aliphatic rings. The van der Waals surface area contributed by atoms with Gasteiger partial charge in [0.05, 0.1) is 6.10 Å². The Balaban J connectivity index is 1.51. The summed E-state index contributed by atoms with van der Waals surface area (Å²) in [7, 11) is 3.71. The first-order valence-electron chi connectivity index (χ1n) is 10.8. The number of amides is 3. The lowest BCUT2D eigenvalue weighted by molar-refractivity contribution is -0.124. The number of methoxy groups -OCH3 is 1. The van der Waals surface area contributed by atoms with Crippen molar-refractivity contribution in [3.8, 4) is 0 Å². The third-order valence-corrected chi connectivity index (χ3v) is 6.69. The highest BCUT2D eigenvalue weighted by Crippen LogP contribution is 2.33. The van der Waals surface area contributed by atoms with Crippen molar-refractivity contribution in [3.63, 3.8) is 0 Å². The Morgan fingerprint density at radius 3 is 2.53 bits per heavy atom. The maximum absolute atomic E-state index is 13.4. The Kier molecular flexibility index (Phi) is 6.42. The molecule has 0 aromatic heterocycles. The lowest BCUT2D eigenvalue weighted by Gasteiger charge is -2.33. The van der Waals surface area contributed by atoms with Gasteiger partial charge in [-0.1, -0.05) is 17.7 Å². The van der Waals surface area contributed by atoms with E-state index in [9.17, 15) is 9.59 Å². The normalized spacial score (nSPS) is 23.0. The van der Waals surface area contributed by atoms with Gasteiger partial charge >= 0.3 is 6.03 Å². The zero-order valence-electron chi connectivity index (χ0n) is 18.7. The van der Waals surface area contributed by atoms with E-state index in [1.54, 1.807) is 43.2 Å². The van der Waals surface area contributed by atoms with Crippen LogP contribution in [0.1, 0.15) is 24.5 Å². The summed E-state index contributed by atoms with van der Waals surface area (Å²) in [6, 6.07) is 12.6. The lowest BCUT2D eigenvalue weighted by atomic mass is 9.96. The number of hydrogen-bond acceptors (Lipinski definition) is 4. The molecule has 3 amide bonds. The first-order chi connectivity index (χ1) is 15.3. The minimum absolute atomic E-state index is 0.221. The number of halogens is 1. The van der Waals surface area contributed by atoms with Crippen molar-refractivity contribution in [3.05, 3.63) is 58.6 Å². The predicted molar refractivity (Wildman–Crippen MR) is 126 cm³/mol. The van der Waals surface area contributed by atoms with Gasteiger partial charge in [0.15, 0.2) is 0 Å². The largest absolute Gasteiger partial charge is 0.380 e. The Bertz CT molecular complexity index is 1010. The standard InChI is InChI=1S/C24H29ClN4O3/c1-24(22(30)26-20-7-4-17-14-28(2)11-10-16(17)12-20)13-21(32-3)15-29(24)23(31)27-19-8-5-18(25)6-9-19/h4-9,12,21H,10-11,13-15H2,1-3H3,(H,26,30)(H,27,31)/t21-,24-/m1/s1. The number of nitrogens with zero attached hydrogens (tertiary/aromatic N) is 2. The van der Waals surface area contributed by atoms with Crippen LogP contribution in [0.4, 0.5) is 16.2 Å². The number of urea groups is 1. The summed E-state index contributed by atoms with van der Waals surface area (Å²) in [6.07, 6.45) is 1.15. The van der Waals surface area contributed by atoms with Gasteiger partial charge in [0.25, 0.3) is 0 Å². The molecule has 32 heavy (non-hydrogen) atoms. The second-order valence-electron chi connectivity index (χ2n) is 8.81. The molecule has 2 aromatic carbocycles. The van der Waals surface area contributed by atoms with Crippen molar-refractivity contribution in [1.29, 1.82) is 0 Å². The number of likely N-dealkylation sites (tertiary alicyclic amines) is 1. The molecule has 1 fully saturated rings. The zero-order chi connectivity index (χ0) is 22.9. The van der Waals surface area contributed by atoms with E-state index in [1.807, 2.05) is 12.1 Å². The molecule has 170 valence electrons. The van der Waals surface area contributed by atoms with Crippen LogP contribution in [0.3, 0.4) is 0 Å². The number of likely N-dealkylation sites (N-methyl/N-ethyl adjacent to an activating group) is 1. The van der Waals surface area contributed by atoms with Crippen LogP contribution in [0.25, 0.3) is 0 Å². The second-order valence-corrected chi connectivity index (χ2v) is 9.25. The topological polar surface area (TPSA) is 73.9 Å². The van der Waals surface area contributed by atoms with Crippen LogP contribution in [0.15, 0.2) is 42.5 Å². The monoisotopic (exact) mass is 456 g/mol. The molecule has 0 bridgehead atoms. The van der Waals surface area contributed by atoms with Gasteiger partial charge in [-0.2, -0.15) is 0 Å². The molecule has 2 atom stereocenters. The van der Waals surface area contributed by atoms with E-state index in [4.69, 9.17) is 16.3 Å². The van der Waals surface area contributed by atoms with Gasteiger partial charge in [-0.15, -0.1) is 0 Å². The van der Waals surface area contributed by atoms with Gasteiger partial charge in [0, 0.05) is 49.6 Å². The van der Waals surface area contributed by atoms with Gasteiger partial charge in [-0.05, 0) is 67.9 Å². The van der Waals surface area contributed by atoms with Gasteiger partial charge < -0.3 is 25.2 Å². The van der Waals surface area contributed by atoms with E-state index in [-0.39, 0.29) is 18.0 Å². The molecule has 2 N–H and O–H groups in total. The number of benzene rings is 2. The summed E-state index contributed by atoms with van der Waals surface area (Å²) >= 11 is 5.93. The van der Waals surface area contributed by atoms with Crippen LogP contribution in [-0.2, 0) is 22.5 Å². The number of ether oxygens (including phenoxy) is 1. The Morgan fingerprint density at radius 1 is 1.09 bits per heavy atom. The molecule has 2 heterocycles. The summed E-state index contributed by atoms with van der Waals surface area (Å²) in [4.78, 5) is 30.3. The smallest absolute Gasteiger partial charge is 0.322 e. The second kappa shape index (κ2) is 9.10. The number of nitrogens with one attached hydrogen (secondary N) is 2. The van der Waals surface area contributed by atoms with Gasteiger partial charge in [0.1, 0.15) is 5.54 Å². The highest BCUT2D eigenvalue weighted by Gasteiger charge is 2.50. The molecule has 0 spiro atoms. The lowest BCUT2D eigenvalue weighted by Crippen LogP contribution is -2.54. The van der Waals surface area contributed by atoms with Crippen molar-refractivity contribution < 1.29 is 14.3 Å². The number of carbonyl (C=O) groups excluding carboxylic acids is 2. The van der Waals surface area contributed by atoms with Crippen LogP contribution in [0.2, 0.25) is 5.02 Å². The molecule has 0 aliphatic carbocycles. The molecule has 0 saturated carbocycles. The summed E-state index contributed by atoms with van der Waals surface area (Å²) in [5, 5.41) is 6.49. The summed E-state index contributed by atoms with van der Waals surface area (Å²) in [5.74, 6) is -0.226. The number of anilines is 2. The third-order valence-electron chi connectivity index (χ3n) is 6.44. The zero-order valence-corrected chi connectivity index (χ0v) is 19.4. The highest BCUT2D eigenvalue weighted by molar-refractivity contribution is 6.30. The van der Waals surface area contributed by atoms with Crippen LogP contribution in [0, 0.1) is 0 Å². The maximum atomic E-state index is 13.4. The summed E-state index contributed by atoms with van der Waals surface area (Å²) in [5.41, 5.74) is 2.85. The fourth-order valence-electron chi connectivity index (χ4n) is 4.47. The Labute approximate surface area is 193 Å². The molecular formula is C24H29ClN4O3. The fraction of sp³-hybridized carbons (Fsp3) is 0.417. The minimum atomic E-state index is -1.05. The molecule has 1 saturated heterocycles. The van der Waals surface area contributed by atoms with Crippen LogP contribution >= 0.6 is 11.6 Å². The molecule has 2 aromatic rings. The van der Waals surface area contributed by atoms with E-state index in [1.165, 1.54) is 11.1 Å². The van der Waals surface area contributed by atoms with E-state index in [0.29, 0.717) is 23.7 Å². The van der Waals surface area contributed by atoms with Crippen LogP contribution < -0.4 is 10.6 Å². The molecule has 0 unspecified atom stereocenters. The molecular weight excluding hydrogens is 428 g/mol. The van der Waals surface area contributed by atoms with Gasteiger partial charge in [-0.3, -0.25) is 4.79 Å². The first kappa shape index (κ1) is 22.6. The maximum Gasteiger partial charge on any atom is 0.322 e. The van der Waals surface area contributed by atoms with Crippen molar-refractivity contribution in [2.45, 2.75) is 38.0 Å². The van der Waals surface area contributed by atoms with E-state index < -0.39 is 5.54 Å². The van der Waals surface area contributed by atoms with Crippen molar-refractivity contribution in [1.82, 2.24) is 9.80 Å². The third kappa shape index (κ3) is 4.60. The van der Waals surface area contributed by atoms with Gasteiger partial charge in [-0.25, -0.2) is 4.79 Å². The van der Waals surface area contributed by atoms with Crippen LogP contribution in [0.5, 0.6) is 0 Å². The molecule has 4 rings (SSSR count). The highest BCUT2D eigenvalue weighted by atomic mass is 35.5. The molecule has 2 aliphatic heterocycles. The first-order valence-corrected chi connectivity index (χ1v) is 11.1. The minimum Gasteiger partial charge on any atom is -0.380 e. The van der Waals surface area contributed by atoms with Gasteiger partial charge in [0.2, 0.25) is 5.91 Å². The number of rotatable bonds is 4. The SMILES string of the molecule is CO[C@H]1CN(C(=O)Nc2ccc(Cl)cc2)[C@@](C)(C(=O)Nc2ccc3c(c2)CCN(C)C3)C1. The van der Waals surface area contributed by atoms with E-state index in [2.05, 4.69) is 28.6 Å². The van der Waals surface area contributed by atoms with E-state index in [0.717, 1.165) is 25.2 Å². The molecule has 0 radical (unpaired) electrons. The predicted octanol–water partition coefficient (Wildman–Crippen LogP) is 3.98. The van der Waals surface area contributed by atoms with Crippen molar-refractivity contribution in [2.24, 2.45) is 0 Å². The average Bonchev–Trinajstić information content (AvgIpc) is 3.13. The van der Waals surface area contributed by atoms with Crippen molar-refractivity contribution in [2.75, 3.05) is 37.9 Å². The van der Waals surface area contributed by atoms with E-state index >= 15 is 0 Å².